The molecule has 2 aliphatic rings. The first-order valence-electron chi connectivity index (χ1n) is 9.58. The summed E-state index contributed by atoms with van der Waals surface area (Å²) >= 11 is 0. The average Bonchev–Trinajstić information content (AvgIpc) is 3.29. The Labute approximate surface area is 154 Å². The lowest BCUT2D eigenvalue weighted by Gasteiger charge is -2.23. The van der Waals surface area contributed by atoms with Crippen molar-refractivity contribution in [1.82, 2.24) is 15.4 Å². The third-order valence-electron chi connectivity index (χ3n) is 5.77. The van der Waals surface area contributed by atoms with Crippen molar-refractivity contribution in [2.45, 2.75) is 39.2 Å². The Morgan fingerprint density at radius 3 is 2.77 bits per heavy atom. The van der Waals surface area contributed by atoms with E-state index in [1.807, 2.05) is 0 Å². The Kier molecular flexibility index (Phi) is 4.57. The molecule has 0 spiro atoms. The molecular weight excluding hydrogens is 326 g/mol. The van der Waals surface area contributed by atoms with Gasteiger partial charge >= 0.3 is 0 Å². The van der Waals surface area contributed by atoms with Crippen LogP contribution in [0.15, 0.2) is 34.9 Å². The number of hydrogen-bond donors (Lipinski definition) is 1. The van der Waals surface area contributed by atoms with Gasteiger partial charge in [0, 0.05) is 31.0 Å². The zero-order valence-electron chi connectivity index (χ0n) is 15.7. The monoisotopic (exact) mass is 353 g/mol. The van der Waals surface area contributed by atoms with Crippen molar-refractivity contribution >= 4 is 5.91 Å². The number of carbonyl (C=O) groups excluding carboxylic acids is 1. The van der Waals surface area contributed by atoms with Crippen molar-refractivity contribution in [1.29, 1.82) is 0 Å². The summed E-state index contributed by atoms with van der Waals surface area (Å²) < 4.78 is 5.06. The fourth-order valence-corrected chi connectivity index (χ4v) is 4.44. The number of benzene rings is 1. The summed E-state index contributed by atoms with van der Waals surface area (Å²) in [6.45, 7) is 9.60. The second kappa shape index (κ2) is 6.88. The van der Waals surface area contributed by atoms with Crippen molar-refractivity contribution < 1.29 is 9.32 Å². The average molecular weight is 353 g/mol. The van der Waals surface area contributed by atoms with Crippen molar-refractivity contribution in [3.63, 3.8) is 0 Å². The number of rotatable bonds is 5. The lowest BCUT2D eigenvalue weighted by Crippen LogP contribution is -2.34. The first kappa shape index (κ1) is 17.3. The normalized spacial score (nSPS) is 24.7. The molecule has 26 heavy (non-hydrogen) atoms. The van der Waals surface area contributed by atoms with Gasteiger partial charge in [0.05, 0.1) is 6.04 Å². The predicted octanol–water partition coefficient (Wildman–Crippen LogP) is 3.53. The highest BCUT2D eigenvalue weighted by molar-refractivity contribution is 5.92. The van der Waals surface area contributed by atoms with Gasteiger partial charge in [0.1, 0.15) is 5.76 Å². The van der Waals surface area contributed by atoms with Crippen LogP contribution < -0.4 is 5.32 Å². The van der Waals surface area contributed by atoms with Crippen LogP contribution >= 0.6 is 0 Å². The van der Waals surface area contributed by atoms with E-state index in [0.717, 1.165) is 19.6 Å². The van der Waals surface area contributed by atoms with Crippen LogP contribution in [0.4, 0.5) is 0 Å². The van der Waals surface area contributed by atoms with Crippen LogP contribution in [-0.4, -0.2) is 35.6 Å². The standard InChI is InChI=1S/C21H27N3O2/c1-13(2)8-9-24-11-17-15-6-4-5-7-16(15)20(18(17)12-24)22-21(25)19-10-14(3)26-23-19/h4-7,10,13,17-18,20H,8-9,11-12H2,1-3H3,(H,22,25)/t17-,18-,20+/m0/s1. The maximum Gasteiger partial charge on any atom is 0.273 e. The molecule has 1 amide bonds. The molecule has 1 aliphatic carbocycles. The van der Waals surface area contributed by atoms with Crippen LogP contribution in [0.1, 0.15) is 59.6 Å². The molecule has 1 saturated heterocycles. The Hall–Kier alpha value is -2.14. The molecule has 138 valence electrons. The lowest BCUT2D eigenvalue weighted by atomic mass is 9.94. The number of likely N-dealkylation sites (tertiary alicyclic amines) is 1. The van der Waals surface area contributed by atoms with E-state index in [2.05, 4.69) is 53.5 Å². The fraction of sp³-hybridized carbons (Fsp3) is 0.524. The number of carbonyl (C=O) groups is 1. The zero-order chi connectivity index (χ0) is 18.3. The van der Waals surface area contributed by atoms with Gasteiger partial charge in [-0.2, -0.15) is 0 Å². The first-order chi connectivity index (χ1) is 12.5. The molecule has 1 aromatic carbocycles. The van der Waals surface area contributed by atoms with Gasteiger partial charge in [-0.25, -0.2) is 0 Å². The van der Waals surface area contributed by atoms with Crippen molar-refractivity contribution in [3.8, 4) is 0 Å². The van der Waals surface area contributed by atoms with E-state index in [-0.39, 0.29) is 11.9 Å². The number of hydrogen-bond acceptors (Lipinski definition) is 4. The quantitative estimate of drug-likeness (QED) is 0.893. The van der Waals surface area contributed by atoms with E-state index in [9.17, 15) is 4.79 Å². The molecular formula is C21H27N3O2. The molecule has 5 heteroatoms. The van der Waals surface area contributed by atoms with Crippen LogP contribution in [-0.2, 0) is 0 Å². The first-order valence-corrected chi connectivity index (χ1v) is 9.58. The lowest BCUT2D eigenvalue weighted by molar-refractivity contribution is 0.0914. The van der Waals surface area contributed by atoms with Crippen LogP contribution in [0.5, 0.6) is 0 Å². The molecule has 0 bridgehead atoms. The molecule has 0 saturated carbocycles. The van der Waals surface area contributed by atoms with Gasteiger partial charge < -0.3 is 14.7 Å². The summed E-state index contributed by atoms with van der Waals surface area (Å²) in [6, 6.07) is 10.3. The molecule has 1 fully saturated rings. The van der Waals surface area contributed by atoms with Gasteiger partial charge in [-0.15, -0.1) is 0 Å². The van der Waals surface area contributed by atoms with Crippen LogP contribution in [0.25, 0.3) is 0 Å². The second-order valence-electron chi connectivity index (χ2n) is 8.12. The van der Waals surface area contributed by atoms with E-state index >= 15 is 0 Å². The maximum atomic E-state index is 12.7. The maximum absolute atomic E-state index is 12.7. The SMILES string of the molecule is Cc1cc(C(=O)N[C@@H]2c3ccccc3[C@@H]3CN(CCC(C)C)C[C@H]23)no1. The molecule has 4 rings (SSSR count). The zero-order valence-corrected chi connectivity index (χ0v) is 15.7. The fourth-order valence-electron chi connectivity index (χ4n) is 4.44. The van der Waals surface area contributed by atoms with Gasteiger partial charge in [-0.1, -0.05) is 43.3 Å². The second-order valence-corrected chi connectivity index (χ2v) is 8.12. The Bertz CT molecular complexity index is 798. The number of aromatic nitrogens is 1. The van der Waals surface area contributed by atoms with E-state index < -0.39 is 0 Å². The molecule has 0 radical (unpaired) electrons. The molecule has 1 aliphatic heterocycles. The largest absolute Gasteiger partial charge is 0.361 e. The van der Waals surface area contributed by atoms with E-state index in [1.165, 1.54) is 17.5 Å². The minimum Gasteiger partial charge on any atom is -0.361 e. The van der Waals surface area contributed by atoms with Crippen LogP contribution in [0.2, 0.25) is 0 Å². The summed E-state index contributed by atoms with van der Waals surface area (Å²) in [6.07, 6.45) is 1.22. The topological polar surface area (TPSA) is 58.4 Å². The van der Waals surface area contributed by atoms with Crippen molar-refractivity contribution in [3.05, 3.63) is 52.9 Å². The molecule has 2 aromatic rings. The Balaban J connectivity index is 1.54. The summed E-state index contributed by atoms with van der Waals surface area (Å²) in [5.41, 5.74) is 3.02. The number of amides is 1. The molecule has 0 unspecified atom stereocenters. The Morgan fingerprint density at radius 1 is 1.31 bits per heavy atom. The minimum atomic E-state index is -0.150. The summed E-state index contributed by atoms with van der Waals surface area (Å²) in [4.78, 5) is 15.2. The summed E-state index contributed by atoms with van der Waals surface area (Å²) in [7, 11) is 0. The molecule has 1 aromatic heterocycles. The Morgan fingerprint density at radius 2 is 2.08 bits per heavy atom. The van der Waals surface area contributed by atoms with E-state index in [4.69, 9.17) is 4.52 Å². The number of nitrogens with zero attached hydrogens (tertiary/aromatic N) is 2. The van der Waals surface area contributed by atoms with Crippen LogP contribution in [0.3, 0.4) is 0 Å². The van der Waals surface area contributed by atoms with Gasteiger partial charge in [-0.05, 0) is 36.9 Å². The van der Waals surface area contributed by atoms with Crippen molar-refractivity contribution in [2.24, 2.45) is 11.8 Å². The van der Waals surface area contributed by atoms with E-state index in [0.29, 0.717) is 29.2 Å². The van der Waals surface area contributed by atoms with Gasteiger partial charge in [0.15, 0.2) is 5.69 Å². The minimum absolute atomic E-state index is 0.0461. The van der Waals surface area contributed by atoms with E-state index in [1.54, 1.807) is 13.0 Å². The molecule has 1 N–H and O–H groups in total. The highest BCUT2D eigenvalue weighted by Gasteiger charge is 2.46. The number of aryl methyl sites for hydroxylation is 1. The highest BCUT2D eigenvalue weighted by Crippen LogP contribution is 2.49. The summed E-state index contributed by atoms with van der Waals surface area (Å²) in [5, 5.41) is 7.10. The summed E-state index contributed by atoms with van der Waals surface area (Å²) in [5.74, 6) is 2.15. The molecule has 2 heterocycles. The molecule has 5 nitrogen and oxygen atoms in total. The number of nitrogens with one attached hydrogen (secondary N) is 1. The number of fused-ring (bicyclic) bond motifs is 3. The van der Waals surface area contributed by atoms with Gasteiger partial charge in [0.25, 0.3) is 5.91 Å². The smallest absolute Gasteiger partial charge is 0.273 e. The third kappa shape index (κ3) is 3.16. The molecule has 3 atom stereocenters. The predicted molar refractivity (Wildman–Crippen MR) is 100 cm³/mol. The highest BCUT2D eigenvalue weighted by atomic mass is 16.5. The van der Waals surface area contributed by atoms with Gasteiger partial charge in [-0.3, -0.25) is 4.79 Å². The van der Waals surface area contributed by atoms with Crippen LogP contribution in [0, 0.1) is 18.8 Å². The third-order valence-corrected chi connectivity index (χ3v) is 5.77. The van der Waals surface area contributed by atoms with Gasteiger partial charge in [0.2, 0.25) is 0 Å². The van der Waals surface area contributed by atoms with Crippen molar-refractivity contribution in [2.75, 3.05) is 19.6 Å².